The number of carbonyl (C=O) groups excluding carboxylic acids is 1. The second-order valence-corrected chi connectivity index (χ2v) is 5.35. The maximum absolute atomic E-state index is 11.9. The van der Waals surface area contributed by atoms with Crippen LogP contribution in [0.2, 0.25) is 0 Å². The molecule has 0 bridgehead atoms. The van der Waals surface area contributed by atoms with E-state index in [0.717, 1.165) is 22.5 Å². The maximum atomic E-state index is 11.9. The summed E-state index contributed by atoms with van der Waals surface area (Å²) in [4.78, 5) is 11.9. The van der Waals surface area contributed by atoms with Gasteiger partial charge in [0.15, 0.2) is 0 Å². The Labute approximate surface area is 116 Å². The predicted octanol–water partition coefficient (Wildman–Crippen LogP) is 0.408. The summed E-state index contributed by atoms with van der Waals surface area (Å²) in [6, 6.07) is 0. The number of allylic oxidation sites excluding steroid dienone is 3. The molecule has 1 saturated heterocycles. The molecule has 0 saturated carbocycles. The van der Waals surface area contributed by atoms with Gasteiger partial charge in [-0.25, -0.2) is 0 Å². The summed E-state index contributed by atoms with van der Waals surface area (Å²) >= 11 is 0.967. The third-order valence-electron chi connectivity index (χ3n) is 2.75. The summed E-state index contributed by atoms with van der Waals surface area (Å²) in [6.07, 6.45) is 6.48. The van der Waals surface area contributed by atoms with Crippen LogP contribution in [0.15, 0.2) is 23.6 Å². The van der Waals surface area contributed by atoms with Crippen LogP contribution < -0.4 is 0 Å². The van der Waals surface area contributed by atoms with Crippen LogP contribution >= 0.6 is 11.9 Å². The molecule has 4 N–H and O–H groups in total. The molecule has 0 aromatic rings. The Morgan fingerprint density at radius 2 is 2.00 bits per heavy atom. The Balaban J connectivity index is 2.78. The van der Waals surface area contributed by atoms with E-state index in [4.69, 9.17) is 5.41 Å². The SMILES string of the molecule is CC1(O)CCCN(S/C=C/C=C\C=N)C(O)(O)C1=O. The van der Waals surface area contributed by atoms with Crippen molar-refractivity contribution in [1.29, 1.82) is 5.41 Å². The number of Topliss-reactive ketones (excluding diaryl/α,β-unsaturated/α-hetero) is 1. The monoisotopic (exact) mass is 286 g/mol. The molecule has 19 heavy (non-hydrogen) atoms. The van der Waals surface area contributed by atoms with E-state index in [2.05, 4.69) is 0 Å². The molecule has 106 valence electrons. The van der Waals surface area contributed by atoms with E-state index in [1.165, 1.54) is 13.0 Å². The second kappa shape index (κ2) is 6.44. The van der Waals surface area contributed by atoms with E-state index in [0.29, 0.717) is 6.42 Å². The van der Waals surface area contributed by atoms with Crippen molar-refractivity contribution in [3.8, 4) is 0 Å². The molecule has 1 aliphatic rings. The van der Waals surface area contributed by atoms with Crippen LogP contribution in [0.5, 0.6) is 0 Å². The van der Waals surface area contributed by atoms with Gasteiger partial charge in [-0.1, -0.05) is 12.2 Å². The molecule has 1 aliphatic heterocycles. The van der Waals surface area contributed by atoms with Gasteiger partial charge in [-0.2, -0.15) is 4.31 Å². The van der Waals surface area contributed by atoms with Crippen LogP contribution in [0.1, 0.15) is 19.8 Å². The third-order valence-corrected chi connectivity index (χ3v) is 3.72. The average Bonchev–Trinajstić information content (AvgIpc) is 2.41. The van der Waals surface area contributed by atoms with E-state index >= 15 is 0 Å². The summed E-state index contributed by atoms with van der Waals surface area (Å²) in [5.74, 6) is -3.71. The van der Waals surface area contributed by atoms with Crippen LogP contribution in [0.25, 0.3) is 0 Å². The van der Waals surface area contributed by atoms with Crippen molar-refractivity contribution >= 4 is 23.9 Å². The number of carbonyl (C=O) groups is 1. The Bertz CT molecular complexity index is 405. The fraction of sp³-hybridized carbons (Fsp3) is 0.500. The van der Waals surface area contributed by atoms with Crippen molar-refractivity contribution in [1.82, 2.24) is 4.31 Å². The van der Waals surface area contributed by atoms with Crippen molar-refractivity contribution in [3.05, 3.63) is 23.6 Å². The quantitative estimate of drug-likeness (QED) is 0.258. The van der Waals surface area contributed by atoms with Crippen LogP contribution in [-0.4, -0.2) is 49.7 Å². The van der Waals surface area contributed by atoms with Gasteiger partial charge in [0.1, 0.15) is 5.60 Å². The molecule has 0 aromatic heterocycles. The van der Waals surface area contributed by atoms with Crippen molar-refractivity contribution in [2.45, 2.75) is 31.3 Å². The third kappa shape index (κ3) is 3.99. The van der Waals surface area contributed by atoms with Crippen molar-refractivity contribution in [2.24, 2.45) is 0 Å². The van der Waals surface area contributed by atoms with E-state index in [-0.39, 0.29) is 13.0 Å². The molecule has 7 heteroatoms. The highest BCUT2D eigenvalue weighted by molar-refractivity contribution is 7.99. The summed E-state index contributed by atoms with van der Waals surface area (Å²) in [5.41, 5.74) is -1.73. The number of rotatable bonds is 4. The molecule has 6 nitrogen and oxygen atoms in total. The second-order valence-electron chi connectivity index (χ2n) is 4.43. The molecule has 1 unspecified atom stereocenters. The molecular weight excluding hydrogens is 268 g/mol. The first kappa shape index (κ1) is 16.1. The molecular formula is C12H18N2O4S. The summed E-state index contributed by atoms with van der Waals surface area (Å²) < 4.78 is 1.12. The first-order valence-electron chi connectivity index (χ1n) is 5.81. The number of aliphatic hydroxyl groups is 3. The lowest BCUT2D eigenvalue weighted by Crippen LogP contribution is -2.57. The topological polar surface area (TPSA) is 105 Å². The molecule has 0 amide bonds. The minimum absolute atomic E-state index is 0.184. The van der Waals surface area contributed by atoms with Gasteiger partial charge in [0.2, 0.25) is 5.78 Å². The molecule has 1 rings (SSSR count). The normalized spacial score (nSPS) is 28.9. The first-order valence-corrected chi connectivity index (χ1v) is 6.65. The van der Waals surface area contributed by atoms with Gasteiger partial charge in [0.25, 0.3) is 5.91 Å². The summed E-state index contributed by atoms with van der Waals surface area (Å²) in [7, 11) is 0. The molecule has 0 radical (unpaired) electrons. The van der Waals surface area contributed by atoms with Gasteiger partial charge >= 0.3 is 0 Å². The fourth-order valence-corrected chi connectivity index (χ4v) is 2.48. The Kier molecular flexibility index (Phi) is 5.45. The highest BCUT2D eigenvalue weighted by Crippen LogP contribution is 2.31. The van der Waals surface area contributed by atoms with Crippen molar-refractivity contribution in [3.63, 3.8) is 0 Å². The Morgan fingerprint density at radius 3 is 2.63 bits per heavy atom. The first-order chi connectivity index (χ1) is 8.82. The molecule has 0 aliphatic carbocycles. The lowest BCUT2D eigenvalue weighted by Gasteiger charge is -2.32. The van der Waals surface area contributed by atoms with E-state index in [1.807, 2.05) is 0 Å². The zero-order valence-electron chi connectivity index (χ0n) is 10.6. The average molecular weight is 286 g/mol. The van der Waals surface area contributed by atoms with E-state index < -0.39 is 17.3 Å². The number of nitrogens with one attached hydrogen (secondary N) is 1. The maximum Gasteiger partial charge on any atom is 0.300 e. The van der Waals surface area contributed by atoms with E-state index in [1.54, 1.807) is 17.6 Å². The Hall–Kier alpha value is -0.990. The molecule has 1 fully saturated rings. The lowest BCUT2D eigenvalue weighted by molar-refractivity contribution is -0.230. The van der Waals surface area contributed by atoms with Crippen molar-refractivity contribution < 1.29 is 20.1 Å². The minimum atomic E-state index is -2.69. The van der Waals surface area contributed by atoms with Crippen LogP contribution in [-0.2, 0) is 4.79 Å². The van der Waals surface area contributed by atoms with Gasteiger partial charge in [0.05, 0.1) is 0 Å². The summed E-state index contributed by atoms with van der Waals surface area (Å²) in [5, 5.41) is 38.0. The lowest BCUT2D eigenvalue weighted by atomic mass is 9.94. The van der Waals surface area contributed by atoms with Gasteiger partial charge in [-0.3, -0.25) is 4.79 Å². The standard InChI is InChI=1S/C12H18N2O4S/c1-11(16)6-5-8-14(12(17,18)10(11)15)19-9-4-2-3-7-13/h2-4,7,9,13,16-18H,5-6,8H2,1H3/b3-2-,9-4+,13-7?. The summed E-state index contributed by atoms with van der Waals surface area (Å²) in [6.45, 7) is 1.55. The van der Waals surface area contributed by atoms with Crippen LogP contribution in [0, 0.1) is 5.41 Å². The van der Waals surface area contributed by atoms with Gasteiger partial charge in [-0.15, -0.1) is 0 Å². The van der Waals surface area contributed by atoms with E-state index in [9.17, 15) is 20.1 Å². The van der Waals surface area contributed by atoms with Gasteiger partial charge in [0, 0.05) is 12.8 Å². The number of hydrogen-bond acceptors (Lipinski definition) is 7. The zero-order chi connectivity index (χ0) is 14.5. The number of ketones is 1. The fourth-order valence-electron chi connectivity index (χ4n) is 1.71. The molecule has 1 heterocycles. The smallest absolute Gasteiger partial charge is 0.300 e. The minimum Gasteiger partial charge on any atom is -0.382 e. The molecule has 1 atom stereocenters. The van der Waals surface area contributed by atoms with Gasteiger partial charge in [-0.05, 0) is 43.2 Å². The zero-order valence-corrected chi connectivity index (χ0v) is 11.4. The largest absolute Gasteiger partial charge is 0.382 e. The van der Waals surface area contributed by atoms with Gasteiger partial charge < -0.3 is 20.7 Å². The highest BCUT2D eigenvalue weighted by atomic mass is 32.2. The Morgan fingerprint density at radius 1 is 1.32 bits per heavy atom. The van der Waals surface area contributed by atoms with Crippen LogP contribution in [0.4, 0.5) is 0 Å². The number of nitrogens with zero attached hydrogens (tertiary/aromatic N) is 1. The number of hydrogen-bond donors (Lipinski definition) is 4. The van der Waals surface area contributed by atoms with Crippen LogP contribution in [0.3, 0.4) is 0 Å². The van der Waals surface area contributed by atoms with Crippen molar-refractivity contribution in [2.75, 3.05) is 6.54 Å². The molecule has 0 aromatic carbocycles. The predicted molar refractivity (Wildman–Crippen MR) is 73.4 cm³/mol. The molecule has 0 spiro atoms. The highest BCUT2D eigenvalue weighted by Gasteiger charge is 2.51.